The number of anilines is 1. The van der Waals surface area contributed by atoms with Crippen molar-refractivity contribution in [3.05, 3.63) is 59.7 Å². The molecule has 0 aliphatic carbocycles. The summed E-state index contributed by atoms with van der Waals surface area (Å²) in [5, 5.41) is 2.99. The Balaban J connectivity index is 1.59. The first kappa shape index (κ1) is 19.6. The second-order valence-corrected chi connectivity index (χ2v) is 9.43. The first-order chi connectivity index (χ1) is 13.9. The second-order valence-electron chi connectivity index (χ2n) is 7.86. The summed E-state index contributed by atoms with van der Waals surface area (Å²) < 4.78 is 28.9. The van der Waals surface area contributed by atoms with E-state index in [1.54, 1.807) is 24.3 Å². The van der Waals surface area contributed by atoms with Crippen LogP contribution in [0.15, 0.2) is 57.8 Å². The van der Waals surface area contributed by atoms with E-state index in [4.69, 9.17) is 0 Å². The molecule has 0 spiro atoms. The number of rotatable bonds is 3. The standard InChI is InChI=1S/C22H25N3O3S/c1-15(2)16-10-12-17(13-11-16)23-22(26)19-8-5-6-14-25(19)21-18-7-3-4-9-20(18)29(27,28)24-21/h3-4,7,9-13,15,19H,5-6,8,14H2,1-2H3,(H,23,26)/t19-/m1/s1. The van der Waals surface area contributed by atoms with Gasteiger partial charge < -0.3 is 10.2 Å². The van der Waals surface area contributed by atoms with Gasteiger partial charge in [0.05, 0.1) is 0 Å². The lowest BCUT2D eigenvalue weighted by Gasteiger charge is -2.36. The average Bonchev–Trinajstić information content (AvgIpc) is 2.99. The molecular formula is C22H25N3O3S. The van der Waals surface area contributed by atoms with Crippen LogP contribution >= 0.6 is 0 Å². The minimum atomic E-state index is -3.71. The third-order valence-corrected chi connectivity index (χ3v) is 6.86. The van der Waals surface area contributed by atoms with Crippen LogP contribution in [-0.2, 0) is 14.8 Å². The van der Waals surface area contributed by atoms with Gasteiger partial charge in [0.15, 0.2) is 5.84 Å². The van der Waals surface area contributed by atoms with Crippen molar-refractivity contribution in [1.82, 2.24) is 4.90 Å². The Kier molecular flexibility index (Phi) is 5.17. The van der Waals surface area contributed by atoms with Crippen LogP contribution in [0.5, 0.6) is 0 Å². The number of carbonyl (C=O) groups is 1. The highest BCUT2D eigenvalue weighted by Crippen LogP contribution is 2.31. The molecule has 0 radical (unpaired) electrons. The van der Waals surface area contributed by atoms with E-state index >= 15 is 0 Å². The lowest BCUT2D eigenvalue weighted by molar-refractivity contribution is -0.120. The van der Waals surface area contributed by atoms with E-state index in [1.165, 1.54) is 5.56 Å². The Morgan fingerprint density at radius 3 is 2.55 bits per heavy atom. The molecule has 0 unspecified atom stereocenters. The molecule has 2 heterocycles. The zero-order chi connectivity index (χ0) is 20.6. The van der Waals surface area contributed by atoms with E-state index in [0.29, 0.717) is 30.3 Å². The van der Waals surface area contributed by atoms with E-state index in [2.05, 4.69) is 23.6 Å². The summed E-state index contributed by atoms with van der Waals surface area (Å²) >= 11 is 0. The summed E-state index contributed by atoms with van der Waals surface area (Å²) in [7, 11) is -3.71. The molecule has 1 N–H and O–H groups in total. The van der Waals surface area contributed by atoms with Gasteiger partial charge in [-0.3, -0.25) is 4.79 Å². The van der Waals surface area contributed by atoms with Gasteiger partial charge in [-0.15, -0.1) is 4.40 Å². The number of hydrogen-bond donors (Lipinski definition) is 1. The van der Waals surface area contributed by atoms with Gasteiger partial charge in [0.25, 0.3) is 10.0 Å². The van der Waals surface area contributed by atoms with Gasteiger partial charge in [-0.2, -0.15) is 8.42 Å². The Hall–Kier alpha value is -2.67. The number of nitrogens with one attached hydrogen (secondary N) is 1. The lowest BCUT2D eigenvalue weighted by Crippen LogP contribution is -2.50. The van der Waals surface area contributed by atoms with E-state index in [0.717, 1.165) is 18.5 Å². The second kappa shape index (κ2) is 7.63. The Morgan fingerprint density at radius 1 is 1.10 bits per heavy atom. The summed E-state index contributed by atoms with van der Waals surface area (Å²) in [6, 6.07) is 14.2. The number of benzene rings is 2. The molecule has 0 saturated carbocycles. The molecular weight excluding hydrogens is 386 g/mol. The molecule has 0 aromatic heterocycles. The van der Waals surface area contributed by atoms with Crippen molar-refractivity contribution in [2.75, 3.05) is 11.9 Å². The molecule has 1 amide bonds. The maximum Gasteiger partial charge on any atom is 0.285 e. The van der Waals surface area contributed by atoms with E-state index in [-0.39, 0.29) is 10.8 Å². The van der Waals surface area contributed by atoms with Crippen molar-refractivity contribution < 1.29 is 13.2 Å². The minimum Gasteiger partial charge on any atom is -0.343 e. The topological polar surface area (TPSA) is 78.8 Å². The molecule has 2 aliphatic heterocycles. The van der Waals surface area contributed by atoms with Crippen LogP contribution in [0.4, 0.5) is 5.69 Å². The fourth-order valence-electron chi connectivity index (χ4n) is 3.93. The number of amides is 1. The molecule has 1 saturated heterocycles. The molecule has 1 fully saturated rings. The van der Waals surface area contributed by atoms with Gasteiger partial charge in [-0.05, 0) is 55.0 Å². The molecule has 4 rings (SSSR count). The zero-order valence-corrected chi connectivity index (χ0v) is 17.4. The summed E-state index contributed by atoms with van der Waals surface area (Å²) in [6.07, 6.45) is 2.48. The van der Waals surface area contributed by atoms with E-state index < -0.39 is 16.1 Å². The first-order valence-corrected chi connectivity index (χ1v) is 11.4. The van der Waals surface area contributed by atoms with Crippen LogP contribution in [0.1, 0.15) is 50.2 Å². The number of carbonyl (C=O) groups excluding carboxylic acids is 1. The smallest absolute Gasteiger partial charge is 0.285 e. The molecule has 1 atom stereocenters. The van der Waals surface area contributed by atoms with Crippen molar-refractivity contribution in [3.8, 4) is 0 Å². The predicted molar refractivity (Wildman–Crippen MR) is 114 cm³/mol. The zero-order valence-electron chi connectivity index (χ0n) is 16.6. The normalized spacial score (nSPS) is 20.3. The predicted octanol–water partition coefficient (Wildman–Crippen LogP) is 3.75. The summed E-state index contributed by atoms with van der Waals surface area (Å²) in [6.45, 7) is 4.86. The minimum absolute atomic E-state index is 0.133. The van der Waals surface area contributed by atoms with Gasteiger partial charge >= 0.3 is 0 Å². The molecule has 2 aromatic rings. The molecule has 2 aliphatic rings. The summed E-state index contributed by atoms with van der Waals surface area (Å²) in [4.78, 5) is 15.1. The monoisotopic (exact) mass is 411 g/mol. The van der Waals surface area contributed by atoms with Crippen molar-refractivity contribution in [1.29, 1.82) is 0 Å². The van der Waals surface area contributed by atoms with Crippen LogP contribution in [0.2, 0.25) is 0 Å². The lowest BCUT2D eigenvalue weighted by atomic mass is 9.99. The fourth-order valence-corrected chi connectivity index (χ4v) is 5.15. The molecule has 7 heteroatoms. The van der Waals surface area contributed by atoms with Crippen LogP contribution in [0, 0.1) is 0 Å². The third-order valence-electron chi connectivity index (χ3n) is 5.53. The van der Waals surface area contributed by atoms with Gasteiger partial charge in [0.1, 0.15) is 10.9 Å². The van der Waals surface area contributed by atoms with E-state index in [1.807, 2.05) is 29.2 Å². The van der Waals surface area contributed by atoms with Crippen LogP contribution in [-0.4, -0.2) is 37.6 Å². The van der Waals surface area contributed by atoms with Gasteiger partial charge in [0, 0.05) is 17.8 Å². The Morgan fingerprint density at radius 2 is 1.83 bits per heavy atom. The van der Waals surface area contributed by atoms with Gasteiger partial charge in [0.2, 0.25) is 5.91 Å². The Bertz CT molecular complexity index is 1060. The highest BCUT2D eigenvalue weighted by molar-refractivity contribution is 7.90. The van der Waals surface area contributed by atoms with Gasteiger partial charge in [-0.1, -0.05) is 38.1 Å². The molecule has 6 nitrogen and oxygen atoms in total. The van der Waals surface area contributed by atoms with Crippen LogP contribution in [0.3, 0.4) is 0 Å². The SMILES string of the molecule is CC(C)c1ccc(NC(=O)[C@H]2CCCCN2C2=NS(=O)(=O)c3ccccc32)cc1. The summed E-state index contributed by atoms with van der Waals surface area (Å²) in [5.74, 6) is 0.679. The van der Waals surface area contributed by atoms with E-state index in [9.17, 15) is 13.2 Å². The highest BCUT2D eigenvalue weighted by atomic mass is 32.2. The van der Waals surface area contributed by atoms with Gasteiger partial charge in [-0.25, -0.2) is 0 Å². The molecule has 29 heavy (non-hydrogen) atoms. The number of likely N-dealkylation sites (tertiary alicyclic amines) is 1. The number of piperidine rings is 1. The highest BCUT2D eigenvalue weighted by Gasteiger charge is 2.37. The van der Waals surface area contributed by atoms with Crippen molar-refractivity contribution in [2.24, 2.45) is 4.40 Å². The number of nitrogens with zero attached hydrogens (tertiary/aromatic N) is 2. The molecule has 152 valence electrons. The maximum absolute atomic E-state index is 13.1. The molecule has 0 bridgehead atoms. The number of fused-ring (bicyclic) bond motifs is 1. The average molecular weight is 412 g/mol. The largest absolute Gasteiger partial charge is 0.343 e. The number of sulfonamides is 1. The van der Waals surface area contributed by atoms with Crippen LogP contribution < -0.4 is 5.32 Å². The Labute approximate surface area is 171 Å². The quantitative estimate of drug-likeness (QED) is 0.834. The summed E-state index contributed by atoms with van der Waals surface area (Å²) in [5.41, 5.74) is 2.53. The van der Waals surface area contributed by atoms with Crippen LogP contribution in [0.25, 0.3) is 0 Å². The number of hydrogen-bond acceptors (Lipinski definition) is 4. The van der Waals surface area contributed by atoms with Crippen molar-refractivity contribution >= 4 is 27.5 Å². The first-order valence-electron chi connectivity index (χ1n) is 9.98. The van der Waals surface area contributed by atoms with Crippen molar-refractivity contribution in [2.45, 2.75) is 50.0 Å². The fraction of sp³-hybridized carbons (Fsp3) is 0.364. The molecule has 2 aromatic carbocycles. The third kappa shape index (κ3) is 3.79. The number of amidine groups is 1. The maximum atomic E-state index is 13.1. The van der Waals surface area contributed by atoms with Crippen molar-refractivity contribution in [3.63, 3.8) is 0 Å².